The Morgan fingerprint density at radius 1 is 0.917 bits per heavy atom. The van der Waals surface area contributed by atoms with Crippen LogP contribution in [0.5, 0.6) is 5.75 Å². The average molecular weight is 322 g/mol. The van der Waals surface area contributed by atoms with E-state index in [-0.39, 0.29) is 11.8 Å². The van der Waals surface area contributed by atoms with E-state index in [9.17, 15) is 9.59 Å². The highest BCUT2D eigenvalue weighted by Crippen LogP contribution is 2.37. The van der Waals surface area contributed by atoms with Crippen molar-refractivity contribution in [1.29, 1.82) is 0 Å². The van der Waals surface area contributed by atoms with E-state index in [1.165, 1.54) is 17.7 Å². The molecule has 2 aromatic rings. The first kappa shape index (κ1) is 14.8. The predicted molar refractivity (Wildman–Crippen MR) is 92.0 cm³/mol. The fourth-order valence-electron chi connectivity index (χ4n) is 3.45. The lowest BCUT2D eigenvalue weighted by atomic mass is 10.1. The van der Waals surface area contributed by atoms with Crippen molar-refractivity contribution in [2.75, 3.05) is 30.0 Å². The molecule has 0 aromatic heterocycles. The monoisotopic (exact) mass is 322 g/mol. The Labute approximate surface area is 140 Å². The number of carbonyl (C=O) groups excluding carboxylic acids is 2. The van der Waals surface area contributed by atoms with Crippen molar-refractivity contribution in [2.24, 2.45) is 0 Å². The van der Waals surface area contributed by atoms with Crippen molar-refractivity contribution >= 4 is 23.2 Å². The van der Waals surface area contributed by atoms with E-state index in [0.29, 0.717) is 22.6 Å². The second-order valence-corrected chi connectivity index (χ2v) is 6.04. The molecule has 24 heavy (non-hydrogen) atoms. The van der Waals surface area contributed by atoms with Crippen LogP contribution in [0.3, 0.4) is 0 Å². The molecule has 0 spiro atoms. The van der Waals surface area contributed by atoms with Gasteiger partial charge in [0.1, 0.15) is 5.75 Å². The van der Waals surface area contributed by atoms with Gasteiger partial charge in [0.15, 0.2) is 0 Å². The van der Waals surface area contributed by atoms with E-state index >= 15 is 0 Å². The molecule has 2 aromatic carbocycles. The number of fused-ring (bicyclic) bond motifs is 1. The second-order valence-electron chi connectivity index (χ2n) is 6.04. The second kappa shape index (κ2) is 5.67. The Morgan fingerprint density at radius 3 is 2.12 bits per heavy atom. The summed E-state index contributed by atoms with van der Waals surface area (Å²) in [4.78, 5) is 28.7. The lowest BCUT2D eigenvalue weighted by Gasteiger charge is -2.22. The number of hydrogen-bond donors (Lipinski definition) is 0. The first-order valence-corrected chi connectivity index (χ1v) is 8.11. The van der Waals surface area contributed by atoms with Crippen LogP contribution < -0.4 is 14.5 Å². The number of amides is 2. The Balaban J connectivity index is 1.73. The number of ether oxygens (including phenoxy) is 1. The maximum atomic E-state index is 12.6. The van der Waals surface area contributed by atoms with Crippen LogP contribution >= 0.6 is 0 Å². The van der Waals surface area contributed by atoms with Crippen LogP contribution in [0.4, 0.5) is 11.4 Å². The van der Waals surface area contributed by atoms with Crippen LogP contribution in [-0.4, -0.2) is 32.0 Å². The van der Waals surface area contributed by atoms with Gasteiger partial charge >= 0.3 is 0 Å². The highest BCUT2D eigenvalue weighted by atomic mass is 16.5. The van der Waals surface area contributed by atoms with Gasteiger partial charge in [0.05, 0.1) is 29.6 Å². The molecular formula is C19H18N2O3. The zero-order chi connectivity index (χ0) is 16.7. The van der Waals surface area contributed by atoms with Crippen molar-refractivity contribution in [3.8, 4) is 5.75 Å². The molecule has 1 saturated heterocycles. The standard InChI is InChI=1S/C19H18N2O3/c1-24-17-12-13(8-9-16(17)20-10-4-5-11-20)21-18(22)14-6-2-3-7-15(14)19(21)23/h2-3,6-9,12H,4-5,10-11H2,1H3. The number of imide groups is 1. The van der Waals surface area contributed by atoms with Gasteiger partial charge in [-0.05, 0) is 37.1 Å². The van der Waals surface area contributed by atoms with E-state index < -0.39 is 0 Å². The summed E-state index contributed by atoms with van der Waals surface area (Å²) in [5.74, 6) is 0.115. The molecule has 2 heterocycles. The number of nitrogens with zero attached hydrogens (tertiary/aromatic N) is 2. The SMILES string of the molecule is COc1cc(N2C(=O)c3ccccc3C2=O)ccc1N1CCCC1. The van der Waals surface area contributed by atoms with Crippen LogP contribution in [-0.2, 0) is 0 Å². The molecule has 0 atom stereocenters. The highest BCUT2D eigenvalue weighted by molar-refractivity contribution is 6.34. The molecule has 5 heteroatoms. The summed E-state index contributed by atoms with van der Waals surface area (Å²) < 4.78 is 5.51. The van der Waals surface area contributed by atoms with Crippen molar-refractivity contribution in [3.05, 3.63) is 53.6 Å². The predicted octanol–water partition coefficient (Wildman–Crippen LogP) is 3.10. The summed E-state index contributed by atoms with van der Waals surface area (Å²) in [6.07, 6.45) is 2.34. The van der Waals surface area contributed by atoms with Gasteiger partial charge in [0.25, 0.3) is 11.8 Å². The molecule has 4 rings (SSSR count). The Kier molecular flexibility index (Phi) is 3.49. The third kappa shape index (κ3) is 2.16. The van der Waals surface area contributed by atoms with Gasteiger partial charge < -0.3 is 9.64 Å². The molecule has 2 amide bonds. The zero-order valence-electron chi connectivity index (χ0n) is 13.5. The lowest BCUT2D eigenvalue weighted by molar-refractivity contribution is 0.0926. The maximum Gasteiger partial charge on any atom is 0.266 e. The van der Waals surface area contributed by atoms with Gasteiger partial charge in [-0.1, -0.05) is 12.1 Å². The molecule has 0 bridgehead atoms. The van der Waals surface area contributed by atoms with Crippen molar-refractivity contribution < 1.29 is 14.3 Å². The Hall–Kier alpha value is -2.82. The summed E-state index contributed by atoms with van der Waals surface area (Å²) in [6.45, 7) is 2.01. The fraction of sp³-hybridized carbons (Fsp3) is 0.263. The Bertz CT molecular complexity index is 790. The molecular weight excluding hydrogens is 304 g/mol. The third-order valence-corrected chi connectivity index (χ3v) is 4.66. The molecule has 2 aliphatic heterocycles. The van der Waals surface area contributed by atoms with E-state index in [0.717, 1.165) is 18.8 Å². The molecule has 0 radical (unpaired) electrons. The number of hydrogen-bond acceptors (Lipinski definition) is 4. The summed E-state index contributed by atoms with van der Waals surface area (Å²) >= 11 is 0. The normalized spacial score (nSPS) is 16.7. The van der Waals surface area contributed by atoms with E-state index in [2.05, 4.69) is 4.90 Å². The van der Waals surface area contributed by atoms with Crippen LogP contribution in [0.15, 0.2) is 42.5 Å². The lowest BCUT2D eigenvalue weighted by Crippen LogP contribution is -2.29. The highest BCUT2D eigenvalue weighted by Gasteiger charge is 2.36. The van der Waals surface area contributed by atoms with Gasteiger partial charge in [-0.25, -0.2) is 4.90 Å². The Morgan fingerprint density at radius 2 is 1.54 bits per heavy atom. The minimum atomic E-state index is -0.286. The summed E-state index contributed by atoms with van der Waals surface area (Å²) in [6, 6.07) is 12.4. The molecule has 1 fully saturated rings. The van der Waals surface area contributed by atoms with Crippen molar-refractivity contribution in [3.63, 3.8) is 0 Å². The minimum absolute atomic E-state index is 0.286. The van der Waals surface area contributed by atoms with E-state index in [1.807, 2.05) is 12.1 Å². The zero-order valence-corrected chi connectivity index (χ0v) is 13.5. The topological polar surface area (TPSA) is 49.9 Å². The van der Waals surface area contributed by atoms with Crippen LogP contribution in [0.2, 0.25) is 0 Å². The van der Waals surface area contributed by atoms with E-state index in [1.54, 1.807) is 37.4 Å². The number of anilines is 2. The van der Waals surface area contributed by atoms with Gasteiger partial charge in [-0.3, -0.25) is 9.59 Å². The van der Waals surface area contributed by atoms with Crippen LogP contribution in [0, 0.1) is 0 Å². The van der Waals surface area contributed by atoms with Gasteiger partial charge in [-0.15, -0.1) is 0 Å². The molecule has 122 valence electrons. The quantitative estimate of drug-likeness (QED) is 0.815. The summed E-state index contributed by atoms with van der Waals surface area (Å²) in [5.41, 5.74) is 2.45. The third-order valence-electron chi connectivity index (χ3n) is 4.66. The molecule has 2 aliphatic rings. The molecule has 5 nitrogen and oxygen atoms in total. The fourth-order valence-corrected chi connectivity index (χ4v) is 3.45. The molecule has 0 aliphatic carbocycles. The molecule has 0 saturated carbocycles. The van der Waals surface area contributed by atoms with Crippen molar-refractivity contribution in [1.82, 2.24) is 0 Å². The van der Waals surface area contributed by atoms with E-state index in [4.69, 9.17) is 4.74 Å². The van der Waals surface area contributed by atoms with Crippen molar-refractivity contribution in [2.45, 2.75) is 12.8 Å². The van der Waals surface area contributed by atoms with Gasteiger partial charge in [0, 0.05) is 19.2 Å². The molecule has 0 N–H and O–H groups in total. The number of carbonyl (C=O) groups is 2. The first-order chi connectivity index (χ1) is 11.7. The molecule has 0 unspecified atom stereocenters. The average Bonchev–Trinajstić information content (AvgIpc) is 3.23. The summed E-state index contributed by atoms with van der Waals surface area (Å²) in [7, 11) is 1.61. The van der Waals surface area contributed by atoms with Gasteiger partial charge in [0.2, 0.25) is 0 Å². The first-order valence-electron chi connectivity index (χ1n) is 8.11. The van der Waals surface area contributed by atoms with Crippen LogP contribution in [0.1, 0.15) is 33.6 Å². The number of methoxy groups -OCH3 is 1. The maximum absolute atomic E-state index is 12.6. The van der Waals surface area contributed by atoms with Crippen LogP contribution in [0.25, 0.3) is 0 Å². The minimum Gasteiger partial charge on any atom is -0.495 e. The smallest absolute Gasteiger partial charge is 0.266 e. The van der Waals surface area contributed by atoms with Gasteiger partial charge in [-0.2, -0.15) is 0 Å². The number of benzene rings is 2. The summed E-state index contributed by atoms with van der Waals surface area (Å²) in [5, 5.41) is 0. The largest absolute Gasteiger partial charge is 0.495 e. The number of rotatable bonds is 3.